The summed E-state index contributed by atoms with van der Waals surface area (Å²) in [6, 6.07) is 1.56. The standard InChI is InChI=1S/C29H38N8O4/c1-6-8-9-12-29(18-38)13-10-11-21-26(34-41-27(21)29)28-31-23(33-35-30)15-24(32-28)40-19(3)22-14-20(16-36(22)4)17-37(5)25(39)7-2/h2,15,18-20,22H,6,8-14,16-17H2,1,3-5H3/t19-,20?,22-,29+/m0/s1. The molecule has 41 heavy (non-hydrogen) atoms. The summed E-state index contributed by atoms with van der Waals surface area (Å²) >= 11 is 0. The van der Waals surface area contributed by atoms with Crippen LogP contribution >= 0.6 is 0 Å². The normalized spacial score (nSPS) is 22.7. The predicted molar refractivity (Wildman–Crippen MR) is 152 cm³/mol. The van der Waals surface area contributed by atoms with Gasteiger partial charge in [0.2, 0.25) is 5.88 Å². The molecule has 4 atom stereocenters. The second kappa shape index (κ2) is 13.1. The summed E-state index contributed by atoms with van der Waals surface area (Å²) in [6.45, 7) is 5.45. The average molecular weight is 563 g/mol. The van der Waals surface area contributed by atoms with Crippen LogP contribution in [0.25, 0.3) is 22.0 Å². The van der Waals surface area contributed by atoms with E-state index in [-0.39, 0.29) is 41.5 Å². The van der Waals surface area contributed by atoms with E-state index in [0.717, 1.165) is 56.9 Å². The molecule has 218 valence electrons. The van der Waals surface area contributed by atoms with Crippen molar-refractivity contribution >= 4 is 18.0 Å². The van der Waals surface area contributed by atoms with E-state index in [1.807, 2.05) is 14.0 Å². The Labute approximate surface area is 240 Å². The molecule has 4 rings (SSSR count). The third kappa shape index (κ3) is 6.53. The number of ether oxygens (including phenoxy) is 1. The summed E-state index contributed by atoms with van der Waals surface area (Å²) in [5, 5.41) is 8.01. The maximum absolute atomic E-state index is 12.4. The van der Waals surface area contributed by atoms with Crippen LogP contribution in [0.3, 0.4) is 0 Å². The molecule has 0 saturated carbocycles. The average Bonchev–Trinajstić information content (AvgIpc) is 3.56. The Balaban J connectivity index is 1.58. The topological polar surface area (TPSA) is 150 Å². The molecule has 0 spiro atoms. The van der Waals surface area contributed by atoms with Gasteiger partial charge in [0, 0.05) is 42.7 Å². The summed E-state index contributed by atoms with van der Waals surface area (Å²) in [5.74, 6) is 3.24. The zero-order valence-electron chi connectivity index (χ0n) is 24.2. The lowest BCUT2D eigenvalue weighted by molar-refractivity contribution is -0.124. The zero-order valence-corrected chi connectivity index (χ0v) is 24.2. The Kier molecular flexibility index (Phi) is 9.63. The van der Waals surface area contributed by atoms with E-state index in [9.17, 15) is 9.59 Å². The van der Waals surface area contributed by atoms with Gasteiger partial charge in [0.15, 0.2) is 17.3 Å². The van der Waals surface area contributed by atoms with Crippen LogP contribution in [0.1, 0.15) is 70.1 Å². The summed E-state index contributed by atoms with van der Waals surface area (Å²) in [7, 11) is 3.73. The Morgan fingerprint density at radius 3 is 2.98 bits per heavy atom. The van der Waals surface area contributed by atoms with Crippen LogP contribution in [0.4, 0.5) is 5.82 Å². The number of terminal acetylenes is 1. The second-order valence-electron chi connectivity index (χ2n) is 11.3. The Morgan fingerprint density at radius 2 is 2.27 bits per heavy atom. The van der Waals surface area contributed by atoms with Crippen LogP contribution in [0.5, 0.6) is 5.88 Å². The van der Waals surface area contributed by atoms with Crippen molar-refractivity contribution in [3.05, 3.63) is 27.8 Å². The highest BCUT2D eigenvalue weighted by Crippen LogP contribution is 2.43. The van der Waals surface area contributed by atoms with E-state index in [2.05, 4.69) is 42.9 Å². The summed E-state index contributed by atoms with van der Waals surface area (Å²) in [5.41, 5.74) is 9.67. The smallest absolute Gasteiger partial charge is 0.297 e. The minimum atomic E-state index is -0.702. The number of fused-ring (bicyclic) bond motifs is 1. The van der Waals surface area contributed by atoms with Crippen LogP contribution < -0.4 is 4.74 Å². The number of amides is 1. The lowest BCUT2D eigenvalue weighted by atomic mass is 9.71. The largest absolute Gasteiger partial charge is 0.473 e. The molecule has 2 aromatic rings. The number of aromatic nitrogens is 3. The third-order valence-electron chi connectivity index (χ3n) is 8.33. The molecule has 3 heterocycles. The van der Waals surface area contributed by atoms with E-state index >= 15 is 0 Å². The van der Waals surface area contributed by atoms with E-state index in [1.54, 1.807) is 11.9 Å². The molecule has 0 aromatic carbocycles. The van der Waals surface area contributed by atoms with E-state index in [1.165, 1.54) is 6.07 Å². The lowest BCUT2D eigenvalue weighted by Crippen LogP contribution is -2.38. The minimum Gasteiger partial charge on any atom is -0.473 e. The first kappa shape index (κ1) is 30.0. The van der Waals surface area contributed by atoms with Crippen molar-refractivity contribution in [2.45, 2.75) is 82.8 Å². The second-order valence-corrected chi connectivity index (χ2v) is 11.3. The molecule has 1 fully saturated rings. The first-order valence-corrected chi connectivity index (χ1v) is 14.2. The minimum absolute atomic E-state index is 0.0619. The number of rotatable bonds is 12. The number of likely N-dealkylation sites (tertiary alicyclic amines) is 1. The van der Waals surface area contributed by atoms with Gasteiger partial charge in [-0.05, 0) is 68.6 Å². The Bertz CT molecular complexity index is 1350. The summed E-state index contributed by atoms with van der Waals surface area (Å²) in [4.78, 5) is 39.9. The molecular formula is C29H38N8O4. The van der Waals surface area contributed by atoms with Crippen molar-refractivity contribution in [2.75, 3.05) is 27.2 Å². The van der Waals surface area contributed by atoms with Crippen molar-refractivity contribution < 1.29 is 18.8 Å². The number of carbonyl (C=O) groups excluding carboxylic acids is 2. The van der Waals surface area contributed by atoms with Gasteiger partial charge in [0.05, 0.1) is 5.41 Å². The molecular weight excluding hydrogens is 524 g/mol. The highest BCUT2D eigenvalue weighted by molar-refractivity contribution is 5.92. The molecule has 2 aromatic heterocycles. The van der Waals surface area contributed by atoms with Crippen molar-refractivity contribution in [1.82, 2.24) is 24.9 Å². The first-order valence-electron chi connectivity index (χ1n) is 14.2. The Hall–Kier alpha value is -3.94. The molecule has 0 N–H and O–H groups in total. The van der Waals surface area contributed by atoms with Crippen LogP contribution in [0.2, 0.25) is 0 Å². The number of nitrogens with zero attached hydrogens (tertiary/aromatic N) is 8. The molecule has 0 radical (unpaired) electrons. The van der Waals surface area contributed by atoms with Crippen LogP contribution in [-0.2, 0) is 21.4 Å². The van der Waals surface area contributed by atoms with Gasteiger partial charge < -0.3 is 19.0 Å². The number of unbranched alkanes of at least 4 members (excludes halogenated alkanes) is 2. The molecule has 1 amide bonds. The van der Waals surface area contributed by atoms with Crippen LogP contribution in [-0.4, -0.2) is 76.4 Å². The fourth-order valence-electron chi connectivity index (χ4n) is 6.25. The number of carbonyl (C=O) groups is 2. The number of aldehydes is 1. The molecule has 1 unspecified atom stereocenters. The SMILES string of the molecule is C#CC(=O)N(C)CC1C[C@@H]([C@H](C)Oc2cc(N=[N+]=[N-])nc(-c3noc4c3CCC[C@@]4(C=O)CCCCC)n2)N(C)C1. The van der Waals surface area contributed by atoms with Crippen molar-refractivity contribution in [2.24, 2.45) is 11.0 Å². The lowest BCUT2D eigenvalue weighted by Gasteiger charge is -2.30. The first-order chi connectivity index (χ1) is 19.7. The van der Waals surface area contributed by atoms with Crippen molar-refractivity contribution in [3.63, 3.8) is 0 Å². The van der Waals surface area contributed by atoms with E-state index in [4.69, 9.17) is 21.2 Å². The number of likely N-dealkylation sites (N-methyl/N-ethyl adjacent to an activating group) is 1. The molecule has 2 aliphatic rings. The van der Waals surface area contributed by atoms with Crippen molar-refractivity contribution in [3.8, 4) is 29.7 Å². The van der Waals surface area contributed by atoms with Gasteiger partial charge >= 0.3 is 0 Å². The van der Waals surface area contributed by atoms with Gasteiger partial charge in [-0.25, -0.2) is 4.98 Å². The highest BCUT2D eigenvalue weighted by atomic mass is 16.5. The van der Waals surface area contributed by atoms with Gasteiger partial charge in [-0.2, -0.15) is 4.98 Å². The molecule has 0 bridgehead atoms. The number of hydrogen-bond donors (Lipinski definition) is 0. The fourth-order valence-corrected chi connectivity index (χ4v) is 6.25. The van der Waals surface area contributed by atoms with Gasteiger partial charge in [-0.3, -0.25) is 9.69 Å². The summed E-state index contributed by atoms with van der Waals surface area (Å²) < 4.78 is 12.1. The number of hydrogen-bond acceptors (Lipinski definition) is 9. The number of azide groups is 1. The molecule has 12 heteroatoms. The molecule has 12 nitrogen and oxygen atoms in total. The zero-order chi connectivity index (χ0) is 29.6. The molecule has 1 saturated heterocycles. The maximum Gasteiger partial charge on any atom is 0.297 e. The quantitative estimate of drug-likeness (QED) is 0.0909. The van der Waals surface area contributed by atoms with Gasteiger partial charge in [-0.1, -0.05) is 31.3 Å². The van der Waals surface area contributed by atoms with Gasteiger partial charge in [-0.15, -0.1) is 6.42 Å². The van der Waals surface area contributed by atoms with Gasteiger partial charge in [0.1, 0.15) is 18.2 Å². The summed E-state index contributed by atoms with van der Waals surface area (Å²) in [6.07, 6.45) is 12.8. The highest BCUT2D eigenvalue weighted by Gasteiger charge is 2.42. The third-order valence-corrected chi connectivity index (χ3v) is 8.33. The monoisotopic (exact) mass is 562 g/mol. The predicted octanol–water partition coefficient (Wildman–Crippen LogP) is 4.61. The van der Waals surface area contributed by atoms with E-state index in [0.29, 0.717) is 30.8 Å². The fraction of sp³-hybridized carbons (Fsp3) is 0.621. The Morgan fingerprint density at radius 1 is 1.46 bits per heavy atom. The maximum atomic E-state index is 12.4. The van der Waals surface area contributed by atoms with E-state index < -0.39 is 5.41 Å². The van der Waals surface area contributed by atoms with Gasteiger partial charge in [0.25, 0.3) is 5.91 Å². The molecule has 1 aliphatic carbocycles. The molecule has 1 aliphatic heterocycles. The van der Waals surface area contributed by atoms with Crippen LogP contribution in [0.15, 0.2) is 15.7 Å². The van der Waals surface area contributed by atoms with Crippen LogP contribution in [0, 0.1) is 18.3 Å². The van der Waals surface area contributed by atoms with Crippen molar-refractivity contribution in [1.29, 1.82) is 0 Å².